The van der Waals surface area contributed by atoms with Gasteiger partial charge < -0.3 is 24.1 Å². The monoisotopic (exact) mass is 555 g/mol. The van der Waals surface area contributed by atoms with Crippen molar-refractivity contribution in [1.29, 1.82) is 0 Å². The molecule has 5 rings (SSSR count). The molecule has 182 valence electrons. The van der Waals surface area contributed by atoms with E-state index < -0.39 is 0 Å². The van der Waals surface area contributed by atoms with Crippen molar-refractivity contribution in [3.8, 4) is 11.6 Å². The number of aromatic hydroxyl groups is 1. The van der Waals surface area contributed by atoms with Crippen LogP contribution in [0.25, 0.3) is 10.9 Å². The Balaban J connectivity index is 1.71. The minimum absolute atomic E-state index is 0.0836. The molecular weight excluding hydrogens is 530 g/mol. The second-order valence-corrected chi connectivity index (χ2v) is 9.99. The van der Waals surface area contributed by atoms with Gasteiger partial charge in [-0.1, -0.05) is 28.1 Å². The number of hydrogen-bond acceptors (Lipinski definition) is 5. The Labute approximate surface area is 216 Å². The van der Waals surface area contributed by atoms with Crippen molar-refractivity contribution in [3.05, 3.63) is 74.2 Å². The van der Waals surface area contributed by atoms with Gasteiger partial charge in [-0.2, -0.15) is 0 Å². The number of carbonyl (C=O) groups excluding carboxylic acids is 1. The first kappa shape index (κ1) is 23.7. The zero-order valence-electron chi connectivity index (χ0n) is 19.7. The van der Waals surface area contributed by atoms with Crippen LogP contribution in [-0.4, -0.2) is 38.9 Å². The lowest BCUT2D eigenvalue weighted by molar-refractivity contribution is -0.143. The average molecular weight is 556 g/mol. The summed E-state index contributed by atoms with van der Waals surface area (Å²) in [4.78, 5) is 15.8. The molecule has 0 amide bonds. The van der Waals surface area contributed by atoms with Gasteiger partial charge in [0.2, 0.25) is 5.88 Å². The molecule has 3 heterocycles. The number of benzene rings is 2. The van der Waals surface area contributed by atoms with E-state index in [1.54, 1.807) is 18.6 Å². The summed E-state index contributed by atoms with van der Waals surface area (Å²) >= 11 is 9.51. The third kappa shape index (κ3) is 3.96. The van der Waals surface area contributed by atoms with Crippen LogP contribution in [0.2, 0.25) is 0 Å². The Bertz CT molecular complexity index is 1490. The minimum Gasteiger partial charge on any atom is -0.497 e. The number of aromatic nitrogens is 3. The first-order valence-electron chi connectivity index (χ1n) is 11.5. The lowest BCUT2D eigenvalue weighted by Gasteiger charge is -2.27. The maximum atomic E-state index is 12.2. The van der Waals surface area contributed by atoms with Crippen molar-refractivity contribution in [2.45, 2.75) is 38.8 Å². The lowest BCUT2D eigenvalue weighted by atomic mass is 9.93. The maximum Gasteiger partial charge on any atom is 0.307 e. The molecule has 7 nitrogen and oxygen atoms in total. The molecular formula is C26H26BrN3O4S. The number of halogens is 1. The SMILES string of the molecule is CCOC(=O)CC(C)n1c(O)c2n(c1=S)C(c1ccc(OC)cc1)c1[nH]c3ccc(Br)cc3c1C2. The number of ether oxygens (including phenoxy) is 2. The van der Waals surface area contributed by atoms with Crippen LogP contribution in [-0.2, 0) is 16.0 Å². The molecule has 4 aromatic rings. The van der Waals surface area contributed by atoms with Crippen molar-refractivity contribution in [2.24, 2.45) is 0 Å². The van der Waals surface area contributed by atoms with Gasteiger partial charge in [-0.05, 0) is 67.5 Å². The van der Waals surface area contributed by atoms with Crippen LogP contribution in [0.1, 0.15) is 54.9 Å². The van der Waals surface area contributed by atoms with E-state index in [0.717, 1.165) is 43.6 Å². The third-order valence-corrected chi connectivity index (χ3v) is 7.49. The number of imidazole rings is 1. The summed E-state index contributed by atoms with van der Waals surface area (Å²) < 4.78 is 15.6. The summed E-state index contributed by atoms with van der Waals surface area (Å²) in [5.41, 5.74) is 4.89. The van der Waals surface area contributed by atoms with E-state index in [4.69, 9.17) is 21.7 Å². The van der Waals surface area contributed by atoms with E-state index in [1.165, 1.54) is 0 Å². The van der Waals surface area contributed by atoms with E-state index in [-0.39, 0.29) is 30.4 Å². The van der Waals surface area contributed by atoms with Crippen molar-refractivity contribution in [2.75, 3.05) is 13.7 Å². The van der Waals surface area contributed by atoms with E-state index >= 15 is 0 Å². The fourth-order valence-electron chi connectivity index (χ4n) is 5.01. The molecule has 1 aliphatic heterocycles. The molecule has 0 radical (unpaired) electrons. The summed E-state index contributed by atoms with van der Waals surface area (Å²) in [6.45, 7) is 3.96. The van der Waals surface area contributed by atoms with Gasteiger partial charge in [-0.3, -0.25) is 9.36 Å². The van der Waals surface area contributed by atoms with Crippen molar-refractivity contribution in [1.82, 2.24) is 14.1 Å². The highest BCUT2D eigenvalue weighted by molar-refractivity contribution is 9.10. The average Bonchev–Trinajstić information content (AvgIpc) is 3.32. The Morgan fingerprint density at radius 1 is 1.29 bits per heavy atom. The number of H-pyrrole nitrogens is 1. The normalized spacial score (nSPS) is 15.5. The number of nitrogens with one attached hydrogen (secondary N) is 1. The Kier molecular flexibility index (Phi) is 6.23. The molecule has 0 aliphatic carbocycles. The molecule has 9 heteroatoms. The molecule has 2 aromatic carbocycles. The Morgan fingerprint density at radius 3 is 2.71 bits per heavy atom. The van der Waals surface area contributed by atoms with Crippen molar-refractivity contribution in [3.63, 3.8) is 0 Å². The van der Waals surface area contributed by atoms with Crippen LogP contribution in [0.4, 0.5) is 0 Å². The fourth-order valence-corrected chi connectivity index (χ4v) is 5.86. The standard InChI is InChI=1S/C26H26BrN3O4S/c1-4-34-22(31)11-14(2)29-25(32)21-13-19-18-12-16(27)7-10-20(18)28-23(19)24(30(21)26(29)35)15-5-8-17(33-3)9-6-15/h5-10,12,14,24,28,32H,4,11,13H2,1-3H3. The molecule has 35 heavy (non-hydrogen) atoms. The molecule has 2 N–H and O–H groups in total. The Morgan fingerprint density at radius 2 is 2.03 bits per heavy atom. The minimum atomic E-state index is -0.361. The molecule has 1 aliphatic rings. The van der Waals surface area contributed by atoms with Crippen molar-refractivity contribution < 1.29 is 19.4 Å². The van der Waals surface area contributed by atoms with Gasteiger partial charge in [0.15, 0.2) is 4.77 Å². The first-order chi connectivity index (χ1) is 16.8. The Hall–Kier alpha value is -3.04. The predicted molar refractivity (Wildman–Crippen MR) is 140 cm³/mol. The molecule has 0 fully saturated rings. The largest absolute Gasteiger partial charge is 0.497 e. The second kappa shape index (κ2) is 9.20. The molecule has 0 saturated carbocycles. The van der Waals surface area contributed by atoms with Gasteiger partial charge in [-0.15, -0.1) is 0 Å². The number of hydrogen-bond donors (Lipinski definition) is 2. The summed E-state index contributed by atoms with van der Waals surface area (Å²) in [7, 11) is 1.64. The van der Waals surface area contributed by atoms with Crippen LogP contribution < -0.4 is 4.74 Å². The number of methoxy groups -OCH3 is 1. The van der Waals surface area contributed by atoms with Gasteiger partial charge in [0.25, 0.3) is 0 Å². The van der Waals surface area contributed by atoms with Crippen LogP contribution in [0.3, 0.4) is 0 Å². The maximum absolute atomic E-state index is 12.2. The van der Waals surface area contributed by atoms with Gasteiger partial charge in [-0.25, -0.2) is 0 Å². The first-order valence-corrected chi connectivity index (χ1v) is 12.7. The van der Waals surface area contributed by atoms with Crippen LogP contribution in [0.5, 0.6) is 11.6 Å². The quantitative estimate of drug-likeness (QED) is 0.197. The second-order valence-electron chi connectivity index (χ2n) is 8.71. The smallest absolute Gasteiger partial charge is 0.307 e. The molecule has 2 unspecified atom stereocenters. The molecule has 2 aromatic heterocycles. The molecule has 0 spiro atoms. The van der Waals surface area contributed by atoms with Crippen LogP contribution in [0, 0.1) is 4.77 Å². The van der Waals surface area contributed by atoms with E-state index in [0.29, 0.717) is 17.8 Å². The van der Waals surface area contributed by atoms with Gasteiger partial charge >= 0.3 is 5.97 Å². The van der Waals surface area contributed by atoms with Crippen LogP contribution >= 0.6 is 28.1 Å². The number of carbonyl (C=O) groups is 1. The summed E-state index contributed by atoms with van der Waals surface area (Å²) in [5.74, 6) is 0.524. The molecule has 2 atom stereocenters. The fraction of sp³-hybridized carbons (Fsp3) is 0.308. The number of nitrogens with zero attached hydrogens (tertiary/aromatic N) is 2. The third-order valence-electron chi connectivity index (χ3n) is 6.61. The lowest BCUT2D eigenvalue weighted by Crippen LogP contribution is -2.22. The highest BCUT2D eigenvalue weighted by Gasteiger charge is 2.35. The molecule has 0 bridgehead atoms. The van der Waals surface area contributed by atoms with Gasteiger partial charge in [0, 0.05) is 33.5 Å². The highest BCUT2D eigenvalue weighted by Crippen LogP contribution is 2.44. The number of aromatic amines is 1. The van der Waals surface area contributed by atoms with E-state index in [1.807, 2.05) is 47.9 Å². The summed E-state index contributed by atoms with van der Waals surface area (Å²) in [6.07, 6.45) is 0.626. The highest BCUT2D eigenvalue weighted by atomic mass is 79.9. The number of esters is 1. The van der Waals surface area contributed by atoms with E-state index in [2.05, 4.69) is 27.0 Å². The number of fused-ring (bicyclic) bond motifs is 4. The van der Waals surface area contributed by atoms with Crippen LogP contribution in [0.15, 0.2) is 46.9 Å². The zero-order chi connectivity index (χ0) is 24.9. The van der Waals surface area contributed by atoms with E-state index in [9.17, 15) is 9.90 Å². The predicted octanol–water partition coefficient (Wildman–Crippen LogP) is 6.03. The number of rotatable bonds is 6. The molecule has 0 saturated heterocycles. The van der Waals surface area contributed by atoms with Gasteiger partial charge in [0.1, 0.15) is 11.8 Å². The topological polar surface area (TPSA) is 81.4 Å². The van der Waals surface area contributed by atoms with Crippen molar-refractivity contribution >= 4 is 45.0 Å². The summed E-state index contributed by atoms with van der Waals surface area (Å²) in [6, 6.07) is 13.4. The van der Waals surface area contributed by atoms with Gasteiger partial charge in [0.05, 0.1) is 25.8 Å². The summed E-state index contributed by atoms with van der Waals surface area (Å²) in [5, 5.41) is 12.5. The zero-order valence-corrected chi connectivity index (χ0v) is 22.1.